The van der Waals surface area contributed by atoms with Gasteiger partial charge in [0.1, 0.15) is 10.3 Å². The first kappa shape index (κ1) is 8.52. The Morgan fingerprint density at radius 2 is 2.38 bits per heavy atom. The molecule has 0 saturated heterocycles. The zero-order valence-electron chi connectivity index (χ0n) is 6.94. The number of aromatic nitrogens is 3. The summed E-state index contributed by atoms with van der Waals surface area (Å²) < 4.78 is 4.85. The average Bonchev–Trinajstić information content (AvgIpc) is 2.62. The molecule has 0 bridgehead atoms. The van der Waals surface area contributed by atoms with Gasteiger partial charge in [-0.3, -0.25) is 0 Å². The van der Waals surface area contributed by atoms with Gasteiger partial charge in [0.05, 0.1) is 12.0 Å². The van der Waals surface area contributed by atoms with E-state index in [2.05, 4.69) is 14.3 Å². The minimum absolute atomic E-state index is 0.627. The molecular weight excluding hydrogens is 202 g/mol. The van der Waals surface area contributed by atoms with Gasteiger partial charge in [-0.05, 0) is 24.5 Å². The zero-order valence-corrected chi connectivity index (χ0v) is 8.58. The van der Waals surface area contributed by atoms with Crippen LogP contribution >= 0.6 is 23.8 Å². The van der Waals surface area contributed by atoms with Crippen LogP contribution in [0, 0.1) is 11.6 Å². The Hall–Kier alpha value is -1.07. The molecule has 66 valence electrons. The lowest BCUT2D eigenvalue weighted by atomic mass is 10.2. The molecule has 2 aromatic rings. The monoisotopic (exact) mass is 209 g/mol. The summed E-state index contributed by atoms with van der Waals surface area (Å²) in [5.41, 5.74) is 2.86. The summed E-state index contributed by atoms with van der Waals surface area (Å²) in [6.45, 7) is 1.94. The molecule has 0 saturated carbocycles. The number of nitrogens with zero attached hydrogens (tertiary/aromatic N) is 2. The van der Waals surface area contributed by atoms with Gasteiger partial charge in [-0.15, -0.1) is 0 Å². The predicted molar refractivity (Wildman–Crippen MR) is 55.3 cm³/mol. The molecule has 13 heavy (non-hydrogen) atoms. The molecule has 0 spiro atoms. The van der Waals surface area contributed by atoms with Gasteiger partial charge in [0.2, 0.25) is 0 Å². The quantitative estimate of drug-likeness (QED) is 0.734. The third-order valence-electron chi connectivity index (χ3n) is 1.78. The lowest BCUT2D eigenvalue weighted by molar-refractivity contribution is 1.11. The molecule has 1 N–H and O–H groups in total. The Bertz CT molecular complexity index is 458. The molecule has 0 fully saturated rings. The lowest BCUT2D eigenvalue weighted by Crippen LogP contribution is -1.90. The van der Waals surface area contributed by atoms with Crippen molar-refractivity contribution in [3.63, 3.8) is 0 Å². The zero-order chi connectivity index (χ0) is 9.26. The highest BCUT2D eigenvalue weighted by Crippen LogP contribution is 2.19. The Morgan fingerprint density at radius 1 is 1.54 bits per heavy atom. The van der Waals surface area contributed by atoms with E-state index in [0.717, 1.165) is 17.0 Å². The molecule has 0 aliphatic heterocycles. The smallest absolute Gasteiger partial charge is 0.132 e. The van der Waals surface area contributed by atoms with Crippen LogP contribution in [0.5, 0.6) is 0 Å². The van der Waals surface area contributed by atoms with Crippen LogP contribution in [0.4, 0.5) is 0 Å². The normalized spacial score (nSPS) is 10.2. The van der Waals surface area contributed by atoms with E-state index >= 15 is 0 Å². The highest BCUT2D eigenvalue weighted by Gasteiger charge is 2.04. The van der Waals surface area contributed by atoms with Crippen molar-refractivity contribution in [2.24, 2.45) is 0 Å². The van der Waals surface area contributed by atoms with Gasteiger partial charge in [-0.25, -0.2) is 4.98 Å². The maximum Gasteiger partial charge on any atom is 0.132 e. The average molecular weight is 209 g/mol. The van der Waals surface area contributed by atoms with Gasteiger partial charge < -0.3 is 4.98 Å². The van der Waals surface area contributed by atoms with Crippen molar-refractivity contribution in [3.05, 3.63) is 28.0 Å². The first-order chi connectivity index (χ1) is 6.29. The summed E-state index contributed by atoms with van der Waals surface area (Å²) in [4.78, 5) is 7.03. The second kappa shape index (κ2) is 3.35. The van der Waals surface area contributed by atoms with E-state index in [4.69, 9.17) is 12.2 Å². The summed E-state index contributed by atoms with van der Waals surface area (Å²) >= 11 is 6.48. The SMILES string of the molecule is Cc1c(-c2ccsn2)[nH]cnc1=S. The number of H-pyrrole nitrogens is 1. The maximum atomic E-state index is 5.06. The molecule has 0 unspecified atom stereocenters. The molecule has 0 aliphatic rings. The Kier molecular flexibility index (Phi) is 2.20. The summed E-state index contributed by atoms with van der Waals surface area (Å²) in [7, 11) is 0. The van der Waals surface area contributed by atoms with E-state index in [1.54, 1.807) is 6.33 Å². The highest BCUT2D eigenvalue weighted by atomic mass is 32.1. The van der Waals surface area contributed by atoms with Crippen LogP contribution in [0.1, 0.15) is 5.56 Å². The first-order valence-electron chi connectivity index (χ1n) is 3.74. The Morgan fingerprint density at radius 3 is 3.08 bits per heavy atom. The second-order valence-electron chi connectivity index (χ2n) is 2.59. The van der Waals surface area contributed by atoms with Crippen molar-refractivity contribution in [2.45, 2.75) is 6.92 Å². The number of aromatic amines is 1. The topological polar surface area (TPSA) is 41.6 Å². The van der Waals surface area contributed by atoms with Gasteiger partial charge in [0.15, 0.2) is 0 Å². The summed E-state index contributed by atoms with van der Waals surface area (Å²) in [5, 5.41) is 1.94. The van der Waals surface area contributed by atoms with Gasteiger partial charge in [0.25, 0.3) is 0 Å². The van der Waals surface area contributed by atoms with E-state index in [0.29, 0.717) is 4.64 Å². The van der Waals surface area contributed by atoms with Crippen molar-refractivity contribution >= 4 is 23.8 Å². The van der Waals surface area contributed by atoms with Gasteiger partial charge in [-0.1, -0.05) is 12.2 Å². The van der Waals surface area contributed by atoms with Crippen LogP contribution in [0.2, 0.25) is 0 Å². The minimum atomic E-state index is 0.627. The van der Waals surface area contributed by atoms with Gasteiger partial charge >= 0.3 is 0 Å². The molecule has 0 atom stereocenters. The number of nitrogens with one attached hydrogen (secondary N) is 1. The molecular formula is C8H7N3S2. The molecule has 0 amide bonds. The van der Waals surface area contributed by atoms with Crippen LogP contribution < -0.4 is 0 Å². The standard InChI is InChI=1S/C8H7N3S2/c1-5-7(6-2-3-13-11-6)9-4-10-8(5)12/h2-4H,1H3,(H,9,10,12). The van der Waals surface area contributed by atoms with Gasteiger partial charge in [0, 0.05) is 10.9 Å². The van der Waals surface area contributed by atoms with Crippen LogP contribution in [0.25, 0.3) is 11.4 Å². The molecule has 2 rings (SSSR count). The van der Waals surface area contributed by atoms with Crippen molar-refractivity contribution in [2.75, 3.05) is 0 Å². The van der Waals surface area contributed by atoms with Crippen LogP contribution in [0.3, 0.4) is 0 Å². The third kappa shape index (κ3) is 1.52. The van der Waals surface area contributed by atoms with E-state index in [1.165, 1.54) is 11.5 Å². The number of hydrogen-bond donors (Lipinski definition) is 1. The maximum absolute atomic E-state index is 5.06. The Balaban J connectivity index is 2.66. The third-order valence-corrected chi connectivity index (χ3v) is 2.75. The molecule has 0 aliphatic carbocycles. The largest absolute Gasteiger partial charge is 0.344 e. The van der Waals surface area contributed by atoms with E-state index in [9.17, 15) is 0 Å². The van der Waals surface area contributed by atoms with Gasteiger partial charge in [-0.2, -0.15) is 4.37 Å². The van der Waals surface area contributed by atoms with Crippen LogP contribution in [-0.4, -0.2) is 14.3 Å². The summed E-state index contributed by atoms with van der Waals surface area (Å²) in [6, 6.07) is 1.96. The number of hydrogen-bond acceptors (Lipinski definition) is 4. The fourth-order valence-corrected chi connectivity index (χ4v) is 1.75. The molecule has 0 aromatic carbocycles. The van der Waals surface area contributed by atoms with Crippen LogP contribution in [0.15, 0.2) is 17.8 Å². The Labute approximate surface area is 84.7 Å². The first-order valence-corrected chi connectivity index (χ1v) is 4.98. The molecule has 3 nitrogen and oxygen atoms in total. The summed E-state index contributed by atoms with van der Waals surface area (Å²) in [5.74, 6) is 0. The minimum Gasteiger partial charge on any atom is -0.344 e. The van der Waals surface area contributed by atoms with Crippen molar-refractivity contribution < 1.29 is 0 Å². The highest BCUT2D eigenvalue weighted by molar-refractivity contribution is 7.71. The summed E-state index contributed by atoms with van der Waals surface area (Å²) in [6.07, 6.45) is 1.60. The second-order valence-corrected chi connectivity index (χ2v) is 3.64. The fourth-order valence-electron chi connectivity index (χ4n) is 1.08. The number of rotatable bonds is 1. The van der Waals surface area contributed by atoms with Crippen molar-refractivity contribution in [1.82, 2.24) is 14.3 Å². The molecule has 2 aromatic heterocycles. The van der Waals surface area contributed by atoms with E-state index < -0.39 is 0 Å². The van der Waals surface area contributed by atoms with E-state index in [1.807, 2.05) is 18.4 Å². The fraction of sp³-hybridized carbons (Fsp3) is 0.125. The lowest BCUT2D eigenvalue weighted by Gasteiger charge is -2.00. The molecule has 2 heterocycles. The predicted octanol–water partition coefficient (Wildman–Crippen LogP) is 2.57. The van der Waals surface area contributed by atoms with E-state index in [-0.39, 0.29) is 0 Å². The van der Waals surface area contributed by atoms with Crippen LogP contribution in [-0.2, 0) is 0 Å². The molecule has 5 heteroatoms. The molecule has 0 radical (unpaired) electrons. The van der Waals surface area contributed by atoms with Crippen molar-refractivity contribution in [1.29, 1.82) is 0 Å². The van der Waals surface area contributed by atoms with Crippen molar-refractivity contribution in [3.8, 4) is 11.4 Å².